The standard InChI is InChI=1S/C17H17.C13H8Cl2.C11H17.2ClH.Zr/c1-10-5-14-9-15-6-11(2)13(4)8-17(15)16(14)7-12(10)3;14-12-5-1-3-10(8-12)7-11-4-2-6-13(15)9-11;1-5-9-6-7-10(8-9)11(2,3)4;;;/h5,7-8H,9H2,1-4H3;1-6,8-9H;6-8H,5H2,1-4H3;2*1H;/q-1;;-1;;;+2/p-2. The van der Waals surface area contributed by atoms with Crippen molar-refractivity contribution in [2.24, 2.45) is 0 Å². The molecule has 1 aliphatic carbocycles. The molecule has 5 aromatic carbocycles. The summed E-state index contributed by atoms with van der Waals surface area (Å²) in [4.78, 5) is 0. The number of halogens is 4. The fourth-order valence-corrected chi connectivity index (χ4v) is 6.43. The van der Waals surface area contributed by atoms with Gasteiger partial charge in [-0.15, -0.1) is 11.1 Å². The van der Waals surface area contributed by atoms with Gasteiger partial charge in [0.2, 0.25) is 0 Å². The van der Waals surface area contributed by atoms with Crippen molar-refractivity contribution in [1.29, 1.82) is 0 Å². The Kier molecular flexibility index (Phi) is 15.4. The van der Waals surface area contributed by atoms with E-state index in [1.165, 1.54) is 83.1 Å². The minimum atomic E-state index is 0. The number of benzene rings is 4. The van der Waals surface area contributed by atoms with Crippen molar-refractivity contribution in [1.82, 2.24) is 0 Å². The largest absolute Gasteiger partial charge is 1.00 e. The predicted octanol–water partition coefficient (Wildman–Crippen LogP) is 5.67. The van der Waals surface area contributed by atoms with Crippen molar-refractivity contribution in [2.45, 2.75) is 73.6 Å². The molecule has 0 bridgehead atoms. The van der Waals surface area contributed by atoms with Gasteiger partial charge in [-0.05, 0) is 37.0 Å². The summed E-state index contributed by atoms with van der Waals surface area (Å²) in [5.41, 5.74) is 16.6. The van der Waals surface area contributed by atoms with Crippen molar-refractivity contribution in [3.8, 4) is 11.1 Å². The van der Waals surface area contributed by atoms with Crippen LogP contribution < -0.4 is 24.8 Å². The maximum Gasteiger partial charge on any atom is -1.00 e. The minimum Gasteiger partial charge on any atom is -1.00 e. The maximum atomic E-state index is 5.98. The van der Waals surface area contributed by atoms with Crippen LogP contribution in [-0.4, -0.2) is 3.21 Å². The third kappa shape index (κ3) is 10.3. The topological polar surface area (TPSA) is 0 Å². The number of hydrogen-bond acceptors (Lipinski definition) is 0. The molecule has 5 aromatic rings. The van der Waals surface area contributed by atoms with Crippen molar-refractivity contribution in [2.75, 3.05) is 0 Å². The molecule has 0 saturated heterocycles. The minimum absolute atomic E-state index is 0. The normalized spacial score (nSPS) is 11.0. The van der Waals surface area contributed by atoms with E-state index in [9.17, 15) is 0 Å². The average molecular weight is 768 g/mol. The molecule has 5 heteroatoms. The maximum absolute atomic E-state index is 5.98. The van der Waals surface area contributed by atoms with Crippen molar-refractivity contribution in [3.63, 3.8) is 0 Å². The zero-order valence-corrected chi connectivity index (χ0v) is 33.5. The molecule has 240 valence electrons. The molecule has 0 spiro atoms. The van der Waals surface area contributed by atoms with Gasteiger partial charge < -0.3 is 24.8 Å². The summed E-state index contributed by atoms with van der Waals surface area (Å²) in [6.45, 7) is 17.7. The zero-order valence-electron chi connectivity index (χ0n) is 28.0. The van der Waals surface area contributed by atoms with E-state index in [0.29, 0.717) is 5.41 Å². The quantitative estimate of drug-likeness (QED) is 0.204. The molecule has 0 amide bonds. The van der Waals surface area contributed by atoms with Crippen LogP contribution in [0.3, 0.4) is 0 Å². The average Bonchev–Trinajstić information content (AvgIpc) is 3.59. The summed E-state index contributed by atoms with van der Waals surface area (Å²) in [6, 6.07) is 33.1. The van der Waals surface area contributed by atoms with Gasteiger partial charge in [0, 0.05) is 0 Å². The number of fused-ring (bicyclic) bond motifs is 3. The summed E-state index contributed by atoms with van der Waals surface area (Å²) in [5, 5.41) is 1.53. The Morgan fingerprint density at radius 2 is 1.33 bits per heavy atom. The van der Waals surface area contributed by atoms with Gasteiger partial charge in [0.15, 0.2) is 0 Å². The van der Waals surface area contributed by atoms with Gasteiger partial charge in [0.25, 0.3) is 0 Å². The summed E-state index contributed by atoms with van der Waals surface area (Å²) < 4.78 is 1.26. The Bertz CT molecular complexity index is 1690. The van der Waals surface area contributed by atoms with E-state index >= 15 is 0 Å². The number of hydrogen-bond donors (Lipinski definition) is 0. The summed E-state index contributed by atoms with van der Waals surface area (Å²) >= 11 is 13.3. The SMILES string of the molecule is CCc1cc(C(C)(C)C)c[cH-]1.Cc1[c-]c2c(cc1C)-c1cc(C)c(C)cc1C2.Clc1cccc([C](=[Zr+2])c2cccc(Cl)c2)c1.[Cl-].[Cl-]. The Morgan fingerprint density at radius 3 is 1.80 bits per heavy atom. The number of rotatable bonds is 3. The smallest absolute Gasteiger partial charge is 1.00 e. The first-order valence-electron chi connectivity index (χ1n) is 15.3. The van der Waals surface area contributed by atoms with E-state index in [-0.39, 0.29) is 24.8 Å². The van der Waals surface area contributed by atoms with Gasteiger partial charge >= 0.3 is 120 Å². The van der Waals surface area contributed by atoms with Crippen LogP contribution in [0.5, 0.6) is 0 Å². The van der Waals surface area contributed by atoms with E-state index < -0.39 is 0 Å². The fourth-order valence-electron chi connectivity index (χ4n) is 5.28. The van der Waals surface area contributed by atoms with E-state index in [1.807, 2.05) is 36.4 Å². The fraction of sp³-hybridized carbons (Fsp3) is 0.268. The first-order valence-corrected chi connectivity index (χ1v) is 17.2. The second-order valence-corrected chi connectivity index (χ2v) is 14.8. The van der Waals surface area contributed by atoms with Crippen LogP contribution in [0.25, 0.3) is 11.1 Å². The zero-order chi connectivity index (χ0) is 32.2. The first kappa shape index (κ1) is 40.3. The van der Waals surface area contributed by atoms with Crippen LogP contribution in [0.1, 0.15) is 83.3 Å². The third-order valence-electron chi connectivity index (χ3n) is 8.31. The van der Waals surface area contributed by atoms with Crippen LogP contribution in [0.15, 0.2) is 84.9 Å². The summed E-state index contributed by atoms with van der Waals surface area (Å²) in [7, 11) is 0. The molecule has 0 fully saturated rings. The molecule has 6 rings (SSSR count). The molecule has 0 atom stereocenters. The Labute approximate surface area is 314 Å². The van der Waals surface area contributed by atoms with Crippen molar-refractivity contribution < 1.29 is 49.0 Å². The van der Waals surface area contributed by atoms with Gasteiger partial charge in [-0.2, -0.15) is 46.5 Å². The Balaban J connectivity index is 0.000000241. The predicted molar refractivity (Wildman–Crippen MR) is 189 cm³/mol. The molecular weight excluding hydrogens is 725 g/mol. The Morgan fingerprint density at radius 1 is 0.783 bits per heavy atom. The van der Waals surface area contributed by atoms with E-state index in [1.54, 1.807) is 0 Å². The summed E-state index contributed by atoms with van der Waals surface area (Å²) in [5.74, 6) is 0. The Hall–Kier alpha value is -1.86. The molecular formula is C41H42Cl4Zr-2. The van der Waals surface area contributed by atoms with Crippen LogP contribution in [0.2, 0.25) is 10.0 Å². The monoisotopic (exact) mass is 764 g/mol. The van der Waals surface area contributed by atoms with E-state index in [0.717, 1.165) is 34.0 Å². The second-order valence-electron chi connectivity index (χ2n) is 12.7. The molecule has 0 heterocycles. The first-order chi connectivity index (χ1) is 20.8. The van der Waals surface area contributed by atoms with Crippen molar-refractivity contribution in [3.05, 3.63) is 157 Å². The van der Waals surface area contributed by atoms with Gasteiger partial charge in [0.1, 0.15) is 0 Å². The molecule has 0 aromatic heterocycles. The van der Waals surface area contributed by atoms with Crippen molar-refractivity contribution >= 4 is 26.4 Å². The molecule has 0 unspecified atom stereocenters. The molecule has 1 aliphatic rings. The van der Waals surface area contributed by atoms with Crippen LogP contribution in [0.4, 0.5) is 0 Å². The van der Waals surface area contributed by atoms with Crippen LogP contribution >= 0.6 is 23.2 Å². The third-order valence-corrected chi connectivity index (χ3v) is 10.2. The van der Waals surface area contributed by atoms with E-state index in [2.05, 4.69) is 110 Å². The van der Waals surface area contributed by atoms with Gasteiger partial charge in [-0.25, -0.2) is 6.07 Å². The summed E-state index contributed by atoms with van der Waals surface area (Å²) in [6.07, 6.45) is 2.20. The molecule has 0 N–H and O–H groups in total. The van der Waals surface area contributed by atoms with Crippen LogP contribution in [0, 0.1) is 33.8 Å². The number of aryl methyl sites for hydroxylation is 5. The molecule has 0 saturated carbocycles. The van der Waals surface area contributed by atoms with E-state index in [4.69, 9.17) is 23.2 Å². The van der Waals surface area contributed by atoms with Gasteiger partial charge in [-0.3, -0.25) is 0 Å². The van der Waals surface area contributed by atoms with Gasteiger partial charge in [0.05, 0.1) is 0 Å². The van der Waals surface area contributed by atoms with Crippen LogP contribution in [-0.2, 0) is 42.5 Å². The molecule has 0 radical (unpaired) electrons. The molecule has 46 heavy (non-hydrogen) atoms. The molecule has 0 nitrogen and oxygen atoms in total. The van der Waals surface area contributed by atoms with Gasteiger partial charge in [-0.1, -0.05) is 71.1 Å². The second kappa shape index (κ2) is 17.5. The molecule has 0 aliphatic heterocycles.